The Morgan fingerprint density at radius 1 is 0.812 bits per heavy atom. The van der Waals surface area contributed by atoms with Crippen molar-refractivity contribution in [2.75, 3.05) is 0 Å². The van der Waals surface area contributed by atoms with Gasteiger partial charge >= 0.3 is 0 Å². The fourth-order valence-electron chi connectivity index (χ4n) is 2.31. The van der Waals surface area contributed by atoms with Crippen LogP contribution in [0.3, 0.4) is 0 Å². The summed E-state index contributed by atoms with van der Waals surface area (Å²) in [7, 11) is 0. The fraction of sp³-hybridized carbons (Fsp3) is 0.143. The Morgan fingerprint density at radius 2 is 1.44 bits per heavy atom. The first-order chi connectivity index (χ1) is 7.68. The molecule has 2 aromatic carbocycles. The third kappa shape index (κ3) is 1.26. The van der Waals surface area contributed by atoms with Gasteiger partial charge in [0.05, 0.1) is 0 Å². The topological polar surface area (TPSA) is 0 Å². The van der Waals surface area contributed by atoms with Gasteiger partial charge in [0.15, 0.2) is 0 Å². The van der Waals surface area contributed by atoms with Gasteiger partial charge in [-0.05, 0) is 16.7 Å². The van der Waals surface area contributed by atoms with Crippen LogP contribution < -0.4 is 0 Å². The SMILES string of the molecule is FC1(F)Cc2ccccc2-c2ccccc21. The maximum Gasteiger partial charge on any atom is 0.277 e. The number of fused-ring (bicyclic) bond motifs is 3. The van der Waals surface area contributed by atoms with Crippen molar-refractivity contribution in [3.63, 3.8) is 0 Å². The van der Waals surface area contributed by atoms with E-state index in [1.165, 1.54) is 6.07 Å². The van der Waals surface area contributed by atoms with Gasteiger partial charge in [0.25, 0.3) is 5.92 Å². The number of benzene rings is 2. The van der Waals surface area contributed by atoms with E-state index in [4.69, 9.17) is 0 Å². The van der Waals surface area contributed by atoms with Gasteiger partial charge in [0.1, 0.15) is 0 Å². The number of rotatable bonds is 0. The minimum Gasteiger partial charge on any atom is -0.201 e. The molecule has 0 nitrogen and oxygen atoms in total. The first-order valence-electron chi connectivity index (χ1n) is 5.24. The molecule has 0 fully saturated rings. The van der Waals surface area contributed by atoms with Gasteiger partial charge < -0.3 is 0 Å². The second kappa shape index (κ2) is 3.14. The van der Waals surface area contributed by atoms with E-state index in [1.807, 2.05) is 18.2 Å². The lowest BCUT2D eigenvalue weighted by molar-refractivity contribution is -0.00479. The highest BCUT2D eigenvalue weighted by molar-refractivity contribution is 5.74. The molecule has 0 N–H and O–H groups in total. The predicted molar refractivity (Wildman–Crippen MR) is 59.5 cm³/mol. The lowest BCUT2D eigenvalue weighted by Gasteiger charge is -2.27. The Kier molecular flexibility index (Phi) is 1.87. The molecule has 2 heteroatoms. The van der Waals surface area contributed by atoms with Crippen molar-refractivity contribution in [3.8, 4) is 11.1 Å². The van der Waals surface area contributed by atoms with Crippen molar-refractivity contribution in [3.05, 3.63) is 59.7 Å². The van der Waals surface area contributed by atoms with Gasteiger partial charge in [-0.15, -0.1) is 0 Å². The van der Waals surface area contributed by atoms with Gasteiger partial charge in [-0.3, -0.25) is 0 Å². The van der Waals surface area contributed by atoms with E-state index in [2.05, 4.69) is 0 Å². The summed E-state index contributed by atoms with van der Waals surface area (Å²) >= 11 is 0. The highest BCUT2D eigenvalue weighted by Crippen LogP contribution is 2.44. The maximum absolute atomic E-state index is 13.9. The minimum absolute atomic E-state index is 0.147. The molecule has 0 saturated heterocycles. The van der Waals surface area contributed by atoms with Gasteiger partial charge in [0.2, 0.25) is 0 Å². The maximum atomic E-state index is 13.9. The molecule has 0 radical (unpaired) electrons. The molecule has 0 atom stereocenters. The molecule has 0 amide bonds. The van der Waals surface area contributed by atoms with Crippen molar-refractivity contribution in [2.24, 2.45) is 0 Å². The third-order valence-electron chi connectivity index (χ3n) is 3.04. The van der Waals surface area contributed by atoms with E-state index in [9.17, 15) is 8.78 Å². The molecule has 0 bridgehead atoms. The smallest absolute Gasteiger partial charge is 0.201 e. The standard InChI is InChI=1S/C14H10F2/c15-14(16)9-10-5-1-2-6-11(10)12-7-3-4-8-13(12)14/h1-8H,9H2. The van der Waals surface area contributed by atoms with Crippen LogP contribution in [0.2, 0.25) is 0 Å². The lowest BCUT2D eigenvalue weighted by atomic mass is 9.83. The summed E-state index contributed by atoms with van der Waals surface area (Å²) in [6, 6.07) is 14.1. The van der Waals surface area contributed by atoms with Crippen molar-refractivity contribution in [1.82, 2.24) is 0 Å². The summed E-state index contributed by atoms with van der Waals surface area (Å²) in [5.74, 6) is -2.75. The molecule has 2 aromatic rings. The largest absolute Gasteiger partial charge is 0.277 e. The van der Waals surface area contributed by atoms with Crippen molar-refractivity contribution < 1.29 is 8.78 Å². The van der Waals surface area contributed by atoms with Crippen LogP contribution >= 0.6 is 0 Å². The molecule has 0 heterocycles. The average Bonchev–Trinajstić information content (AvgIpc) is 2.29. The first-order valence-corrected chi connectivity index (χ1v) is 5.24. The van der Waals surface area contributed by atoms with E-state index >= 15 is 0 Å². The molecular formula is C14H10F2. The summed E-state index contributed by atoms with van der Waals surface area (Å²) in [5.41, 5.74) is 2.47. The Bertz CT molecular complexity index is 544. The van der Waals surface area contributed by atoms with Crippen LogP contribution in [0.5, 0.6) is 0 Å². The van der Waals surface area contributed by atoms with E-state index < -0.39 is 5.92 Å². The monoisotopic (exact) mass is 216 g/mol. The van der Waals surface area contributed by atoms with E-state index in [0.717, 1.165) is 11.1 Å². The van der Waals surface area contributed by atoms with E-state index in [-0.39, 0.29) is 12.0 Å². The number of alkyl halides is 2. The molecule has 0 saturated carbocycles. The summed E-state index contributed by atoms with van der Waals surface area (Å²) in [6.45, 7) is 0. The van der Waals surface area contributed by atoms with Crippen LogP contribution in [0.4, 0.5) is 8.78 Å². The molecule has 16 heavy (non-hydrogen) atoms. The second-order valence-corrected chi connectivity index (χ2v) is 4.08. The summed E-state index contributed by atoms with van der Waals surface area (Å²) in [6.07, 6.45) is -0.194. The van der Waals surface area contributed by atoms with Crippen LogP contribution in [0, 0.1) is 0 Å². The van der Waals surface area contributed by atoms with Gasteiger partial charge in [-0.2, -0.15) is 0 Å². The zero-order valence-electron chi connectivity index (χ0n) is 8.58. The molecule has 0 spiro atoms. The molecule has 0 aliphatic heterocycles. The summed E-state index contributed by atoms with van der Waals surface area (Å²) < 4.78 is 27.8. The molecular weight excluding hydrogens is 206 g/mol. The van der Waals surface area contributed by atoms with Gasteiger partial charge in [-0.25, -0.2) is 8.78 Å². The zero-order chi connectivity index (χ0) is 11.2. The van der Waals surface area contributed by atoms with Crippen molar-refractivity contribution in [2.45, 2.75) is 12.3 Å². The van der Waals surface area contributed by atoms with Crippen molar-refractivity contribution >= 4 is 0 Å². The zero-order valence-corrected chi connectivity index (χ0v) is 8.58. The highest BCUT2D eigenvalue weighted by atomic mass is 19.3. The van der Waals surface area contributed by atoms with Crippen LogP contribution in [0.25, 0.3) is 11.1 Å². The Hall–Kier alpha value is -1.70. The van der Waals surface area contributed by atoms with Crippen LogP contribution in [-0.2, 0) is 12.3 Å². The average molecular weight is 216 g/mol. The number of halogens is 2. The minimum atomic E-state index is -2.75. The predicted octanol–water partition coefficient (Wildman–Crippen LogP) is 4.00. The molecule has 80 valence electrons. The molecule has 0 aromatic heterocycles. The van der Waals surface area contributed by atoms with Crippen LogP contribution in [0.15, 0.2) is 48.5 Å². The quantitative estimate of drug-likeness (QED) is 0.624. The Morgan fingerprint density at radius 3 is 2.25 bits per heavy atom. The third-order valence-corrected chi connectivity index (χ3v) is 3.04. The fourth-order valence-corrected chi connectivity index (χ4v) is 2.31. The molecule has 1 aliphatic carbocycles. The van der Waals surface area contributed by atoms with Crippen LogP contribution in [-0.4, -0.2) is 0 Å². The Balaban J connectivity index is 2.33. The Labute approximate surface area is 92.5 Å². The van der Waals surface area contributed by atoms with Crippen LogP contribution in [0.1, 0.15) is 11.1 Å². The second-order valence-electron chi connectivity index (χ2n) is 4.08. The van der Waals surface area contributed by atoms with E-state index in [1.54, 1.807) is 24.3 Å². The van der Waals surface area contributed by atoms with Gasteiger partial charge in [0, 0.05) is 12.0 Å². The molecule has 0 unspecified atom stereocenters. The van der Waals surface area contributed by atoms with E-state index in [0.29, 0.717) is 5.56 Å². The summed E-state index contributed by atoms with van der Waals surface area (Å²) in [5, 5.41) is 0. The normalized spacial score (nSPS) is 16.4. The lowest BCUT2D eigenvalue weighted by Crippen LogP contribution is -2.22. The van der Waals surface area contributed by atoms with Crippen molar-refractivity contribution in [1.29, 1.82) is 0 Å². The number of hydrogen-bond donors (Lipinski definition) is 0. The molecule has 3 rings (SSSR count). The first kappa shape index (κ1) is 9.52. The number of hydrogen-bond acceptors (Lipinski definition) is 0. The van der Waals surface area contributed by atoms with Gasteiger partial charge in [-0.1, -0.05) is 48.5 Å². The summed E-state index contributed by atoms with van der Waals surface area (Å²) in [4.78, 5) is 0. The highest BCUT2D eigenvalue weighted by Gasteiger charge is 2.38. The molecule has 1 aliphatic rings.